The summed E-state index contributed by atoms with van der Waals surface area (Å²) >= 11 is 0. The van der Waals surface area contributed by atoms with E-state index in [0.29, 0.717) is 11.6 Å². The Morgan fingerprint density at radius 2 is 2.30 bits per heavy atom. The number of hydrogen-bond acceptors (Lipinski definition) is 3. The maximum absolute atomic E-state index is 12.2. The van der Waals surface area contributed by atoms with Crippen molar-refractivity contribution in [2.24, 2.45) is 5.92 Å². The molecule has 2 fully saturated rings. The molecule has 0 bridgehead atoms. The quantitative estimate of drug-likeness (QED) is 0.343. The lowest BCUT2D eigenvalue weighted by atomic mass is 9.77. The topological polar surface area (TPSA) is 46.6 Å². The minimum absolute atomic E-state index is 0.0371. The predicted octanol–water partition coefficient (Wildman–Crippen LogP) is 2.33. The third-order valence-corrected chi connectivity index (χ3v) is 4.48. The molecule has 0 unspecified atom stereocenters. The van der Waals surface area contributed by atoms with Gasteiger partial charge in [-0.25, -0.2) is 4.79 Å². The van der Waals surface area contributed by atoms with E-state index in [1.165, 1.54) is 6.42 Å². The number of allylic oxidation sites excluding steroid dienone is 1. The van der Waals surface area contributed by atoms with Gasteiger partial charge in [-0.3, -0.25) is 9.69 Å². The Morgan fingerprint density at radius 3 is 3.00 bits per heavy atom. The maximum atomic E-state index is 12.2. The molecule has 4 nitrogen and oxygen atoms in total. The van der Waals surface area contributed by atoms with Crippen molar-refractivity contribution in [3.8, 4) is 0 Å². The minimum atomic E-state index is -0.377. The average molecular weight is 273 g/mol. The Labute approximate surface area is 118 Å². The van der Waals surface area contributed by atoms with E-state index in [4.69, 9.17) is 4.74 Å². The monoisotopic (exact) mass is 273 g/mol. The zero-order chi connectivity index (χ0) is 14.3. The van der Waals surface area contributed by atoms with Gasteiger partial charge in [-0.15, -0.1) is 0 Å². The van der Waals surface area contributed by atoms with Crippen LogP contribution >= 0.6 is 0 Å². The van der Waals surface area contributed by atoms with Crippen molar-refractivity contribution in [3.05, 3.63) is 35.6 Å². The van der Waals surface area contributed by atoms with Gasteiger partial charge in [-0.05, 0) is 31.8 Å². The van der Waals surface area contributed by atoms with Crippen LogP contribution in [0.3, 0.4) is 0 Å². The van der Waals surface area contributed by atoms with Gasteiger partial charge in [0.2, 0.25) is 0 Å². The van der Waals surface area contributed by atoms with Gasteiger partial charge in [0.25, 0.3) is 5.91 Å². The molecule has 1 amide bonds. The van der Waals surface area contributed by atoms with Crippen molar-refractivity contribution in [2.75, 3.05) is 6.61 Å². The van der Waals surface area contributed by atoms with E-state index in [9.17, 15) is 9.59 Å². The molecule has 2 heterocycles. The lowest BCUT2D eigenvalue weighted by Gasteiger charge is -2.41. The van der Waals surface area contributed by atoms with Crippen LogP contribution < -0.4 is 0 Å². The van der Waals surface area contributed by atoms with E-state index in [1.807, 2.05) is 13.0 Å². The summed E-state index contributed by atoms with van der Waals surface area (Å²) in [4.78, 5) is 26.1. The van der Waals surface area contributed by atoms with Crippen molar-refractivity contribution >= 4 is 11.9 Å². The molecule has 3 aliphatic rings. The van der Waals surface area contributed by atoms with Crippen LogP contribution in [0.5, 0.6) is 0 Å². The number of rotatable bonds is 3. The largest absolute Gasteiger partial charge is 0.457 e. The first-order valence-electron chi connectivity index (χ1n) is 7.21. The number of ether oxygens (including phenoxy) is 1. The zero-order valence-electron chi connectivity index (χ0n) is 11.7. The van der Waals surface area contributed by atoms with Crippen LogP contribution in [0.4, 0.5) is 0 Å². The van der Waals surface area contributed by atoms with Crippen molar-refractivity contribution in [2.45, 2.75) is 38.6 Å². The molecule has 4 heteroatoms. The summed E-state index contributed by atoms with van der Waals surface area (Å²) < 4.78 is 5.17. The highest BCUT2D eigenvalue weighted by Crippen LogP contribution is 2.51. The SMILES string of the molecule is C=CCOC(=O)C1=C2CCCC[C@H]2[C@@H]2/C(=C/C)C(=O)N12. The minimum Gasteiger partial charge on any atom is -0.457 e. The normalized spacial score (nSPS) is 29.9. The van der Waals surface area contributed by atoms with E-state index in [2.05, 4.69) is 6.58 Å². The molecule has 1 saturated heterocycles. The van der Waals surface area contributed by atoms with Gasteiger partial charge < -0.3 is 4.74 Å². The Kier molecular flexibility index (Phi) is 3.24. The summed E-state index contributed by atoms with van der Waals surface area (Å²) in [7, 11) is 0. The molecule has 3 rings (SSSR count). The first-order valence-corrected chi connectivity index (χ1v) is 7.21. The van der Waals surface area contributed by atoms with Crippen molar-refractivity contribution in [1.82, 2.24) is 4.90 Å². The fourth-order valence-electron chi connectivity index (χ4n) is 3.67. The third kappa shape index (κ3) is 1.67. The molecule has 1 aliphatic carbocycles. The number of hydrogen-bond donors (Lipinski definition) is 0. The van der Waals surface area contributed by atoms with Gasteiger partial charge >= 0.3 is 5.97 Å². The van der Waals surface area contributed by atoms with Crippen molar-refractivity contribution in [3.63, 3.8) is 0 Å². The predicted molar refractivity (Wildman–Crippen MR) is 74.5 cm³/mol. The molecule has 20 heavy (non-hydrogen) atoms. The van der Waals surface area contributed by atoms with Crippen LogP contribution in [0.2, 0.25) is 0 Å². The summed E-state index contributed by atoms with van der Waals surface area (Å²) in [5.41, 5.74) is 2.48. The van der Waals surface area contributed by atoms with Gasteiger partial charge in [0.1, 0.15) is 12.3 Å². The number of fused-ring (bicyclic) bond motifs is 3. The first kappa shape index (κ1) is 13.2. The van der Waals surface area contributed by atoms with Gasteiger partial charge in [0, 0.05) is 11.5 Å². The lowest BCUT2D eigenvalue weighted by molar-refractivity contribution is -0.145. The van der Waals surface area contributed by atoms with Crippen LogP contribution in [0, 0.1) is 5.92 Å². The number of esters is 1. The van der Waals surface area contributed by atoms with E-state index in [1.54, 1.807) is 11.0 Å². The van der Waals surface area contributed by atoms with Crippen LogP contribution in [-0.2, 0) is 14.3 Å². The van der Waals surface area contributed by atoms with E-state index in [0.717, 1.165) is 30.4 Å². The number of carbonyl (C=O) groups excluding carboxylic acids is 2. The van der Waals surface area contributed by atoms with Gasteiger partial charge in [-0.2, -0.15) is 0 Å². The van der Waals surface area contributed by atoms with Gasteiger partial charge in [-0.1, -0.05) is 25.2 Å². The molecule has 0 aromatic rings. The van der Waals surface area contributed by atoms with Crippen LogP contribution in [0.15, 0.2) is 35.6 Å². The van der Waals surface area contributed by atoms with Crippen molar-refractivity contribution < 1.29 is 14.3 Å². The van der Waals surface area contributed by atoms with E-state index >= 15 is 0 Å². The number of nitrogens with zero attached hydrogens (tertiary/aromatic N) is 1. The summed E-state index contributed by atoms with van der Waals surface area (Å²) in [5, 5.41) is 0. The number of β-lactam (4-membered cyclic amide) rings is 1. The molecule has 2 atom stereocenters. The fraction of sp³-hybridized carbons (Fsp3) is 0.500. The second-order valence-electron chi connectivity index (χ2n) is 5.48. The average Bonchev–Trinajstić information content (AvgIpc) is 2.77. The molecule has 0 N–H and O–H groups in total. The van der Waals surface area contributed by atoms with Crippen LogP contribution in [0.1, 0.15) is 32.6 Å². The highest BCUT2D eigenvalue weighted by molar-refractivity contribution is 6.09. The molecule has 106 valence electrons. The molecule has 0 spiro atoms. The molecular weight excluding hydrogens is 254 g/mol. The summed E-state index contributed by atoms with van der Waals surface area (Å²) in [6.45, 7) is 5.62. The Morgan fingerprint density at radius 1 is 1.50 bits per heavy atom. The van der Waals surface area contributed by atoms with Crippen LogP contribution in [-0.4, -0.2) is 29.4 Å². The summed E-state index contributed by atoms with van der Waals surface area (Å²) in [5.74, 6) is -0.0957. The standard InChI is InChI=1S/C16H19NO3/c1-3-9-20-16(19)14-12-8-6-5-7-11(12)13-10(4-2)15(18)17(13)14/h3-4,11,13H,1,5-9H2,2H3/b10-4-/t11-,13+/m1/s1. The third-order valence-electron chi connectivity index (χ3n) is 4.48. The highest BCUT2D eigenvalue weighted by Gasteiger charge is 2.56. The first-order chi connectivity index (χ1) is 9.70. The highest BCUT2D eigenvalue weighted by atomic mass is 16.5. The Bertz CT molecular complexity index is 544. The molecule has 1 saturated carbocycles. The smallest absolute Gasteiger partial charge is 0.355 e. The molecular formula is C16H19NO3. The fourth-order valence-corrected chi connectivity index (χ4v) is 3.67. The van der Waals surface area contributed by atoms with Crippen LogP contribution in [0.25, 0.3) is 0 Å². The van der Waals surface area contributed by atoms with E-state index < -0.39 is 0 Å². The second-order valence-corrected chi connectivity index (χ2v) is 5.48. The zero-order valence-corrected chi connectivity index (χ0v) is 11.7. The lowest BCUT2D eigenvalue weighted by Crippen LogP contribution is -2.55. The summed E-state index contributed by atoms with van der Waals surface area (Å²) in [6.07, 6.45) is 7.64. The number of carbonyl (C=O) groups is 2. The molecule has 0 radical (unpaired) electrons. The van der Waals surface area contributed by atoms with Crippen molar-refractivity contribution in [1.29, 1.82) is 0 Å². The Hall–Kier alpha value is -1.84. The molecule has 0 aromatic carbocycles. The molecule has 2 aliphatic heterocycles. The van der Waals surface area contributed by atoms with E-state index in [-0.39, 0.29) is 24.5 Å². The molecule has 0 aromatic heterocycles. The van der Waals surface area contributed by atoms with Gasteiger partial charge in [0.05, 0.1) is 6.04 Å². The van der Waals surface area contributed by atoms with Gasteiger partial charge in [0.15, 0.2) is 0 Å². The number of amides is 1. The maximum Gasteiger partial charge on any atom is 0.355 e. The Balaban J connectivity index is 1.95. The second kappa shape index (κ2) is 4.93. The summed E-state index contributed by atoms with van der Waals surface area (Å²) in [6, 6.07) is 0.0779.